The molecule has 0 radical (unpaired) electrons. The molecule has 1 aliphatic heterocycles. The Morgan fingerprint density at radius 3 is 2.62 bits per heavy atom. The molecule has 1 N–H and O–H groups in total. The zero-order valence-corrected chi connectivity index (χ0v) is 11.0. The molecule has 0 spiro atoms. The van der Waals surface area contributed by atoms with E-state index in [1.807, 2.05) is 0 Å². The molecule has 1 heterocycles. The number of hydrogen-bond acceptors (Lipinski definition) is 2. The lowest BCUT2D eigenvalue weighted by atomic mass is 10.1. The van der Waals surface area contributed by atoms with Crippen molar-refractivity contribution in [2.24, 2.45) is 5.92 Å². The van der Waals surface area contributed by atoms with E-state index in [1.165, 1.54) is 58.2 Å². The summed E-state index contributed by atoms with van der Waals surface area (Å²) in [4.78, 5) is 2.76. The minimum atomic E-state index is 0.791. The Morgan fingerprint density at radius 2 is 2.06 bits per heavy atom. The molecule has 0 aromatic heterocycles. The van der Waals surface area contributed by atoms with Crippen molar-refractivity contribution in [1.29, 1.82) is 0 Å². The van der Waals surface area contributed by atoms with Gasteiger partial charge in [-0.05, 0) is 57.5 Å². The largest absolute Gasteiger partial charge is 0.313 e. The van der Waals surface area contributed by atoms with E-state index >= 15 is 0 Å². The lowest BCUT2D eigenvalue weighted by Crippen LogP contribution is -2.39. The third-order valence-corrected chi connectivity index (χ3v) is 3.91. The molecule has 0 aromatic rings. The van der Waals surface area contributed by atoms with Crippen LogP contribution in [0.3, 0.4) is 0 Å². The van der Waals surface area contributed by atoms with Gasteiger partial charge in [-0.15, -0.1) is 0 Å². The second kappa shape index (κ2) is 6.02. The van der Waals surface area contributed by atoms with Gasteiger partial charge < -0.3 is 5.32 Å². The first-order chi connectivity index (χ1) is 7.75. The molecule has 16 heavy (non-hydrogen) atoms. The van der Waals surface area contributed by atoms with Gasteiger partial charge in [0.05, 0.1) is 0 Å². The summed E-state index contributed by atoms with van der Waals surface area (Å²) in [6, 6.07) is 1.73. The molecular weight excluding hydrogens is 196 g/mol. The van der Waals surface area contributed by atoms with Crippen LogP contribution in [0.1, 0.15) is 52.4 Å². The molecule has 2 nitrogen and oxygen atoms in total. The first-order valence-corrected chi connectivity index (χ1v) is 7.23. The zero-order valence-electron chi connectivity index (χ0n) is 11.0. The maximum atomic E-state index is 3.63. The highest BCUT2D eigenvalue weighted by atomic mass is 15.2. The van der Waals surface area contributed by atoms with Crippen LogP contribution in [-0.2, 0) is 0 Å². The van der Waals surface area contributed by atoms with Crippen LogP contribution >= 0.6 is 0 Å². The van der Waals surface area contributed by atoms with Gasteiger partial charge >= 0.3 is 0 Å². The van der Waals surface area contributed by atoms with Crippen LogP contribution in [0, 0.1) is 5.92 Å². The average Bonchev–Trinajstić information content (AvgIpc) is 2.96. The maximum Gasteiger partial charge on any atom is 0.0195 e. The first kappa shape index (κ1) is 12.4. The summed E-state index contributed by atoms with van der Waals surface area (Å²) in [7, 11) is 0. The van der Waals surface area contributed by atoms with Gasteiger partial charge in [-0.2, -0.15) is 0 Å². The van der Waals surface area contributed by atoms with Gasteiger partial charge in [-0.25, -0.2) is 0 Å². The molecule has 1 aliphatic carbocycles. The van der Waals surface area contributed by atoms with E-state index in [0.717, 1.165) is 18.0 Å². The standard InChI is InChI=1S/C14H28N2/c1-12(2)5-4-10-16(14-7-8-14)11-13-6-3-9-15-13/h12-15H,3-11H2,1-2H3. The molecule has 2 fully saturated rings. The Hall–Kier alpha value is -0.0800. The van der Waals surface area contributed by atoms with E-state index in [4.69, 9.17) is 0 Å². The highest BCUT2D eigenvalue weighted by Crippen LogP contribution is 2.28. The highest BCUT2D eigenvalue weighted by molar-refractivity contribution is 4.88. The lowest BCUT2D eigenvalue weighted by molar-refractivity contribution is 0.231. The Kier molecular flexibility index (Phi) is 4.66. The van der Waals surface area contributed by atoms with Crippen molar-refractivity contribution in [1.82, 2.24) is 10.2 Å². The molecule has 1 atom stereocenters. The van der Waals surface area contributed by atoms with E-state index in [2.05, 4.69) is 24.1 Å². The maximum absolute atomic E-state index is 3.63. The first-order valence-electron chi connectivity index (χ1n) is 7.23. The molecule has 2 rings (SSSR count). The fourth-order valence-corrected chi connectivity index (χ4v) is 2.76. The highest BCUT2D eigenvalue weighted by Gasteiger charge is 2.30. The van der Waals surface area contributed by atoms with Crippen LogP contribution in [0.25, 0.3) is 0 Å². The second-order valence-corrected chi connectivity index (χ2v) is 6.06. The van der Waals surface area contributed by atoms with E-state index < -0.39 is 0 Å². The van der Waals surface area contributed by atoms with Crippen LogP contribution in [0.4, 0.5) is 0 Å². The molecule has 2 aliphatic rings. The summed E-state index contributed by atoms with van der Waals surface area (Å²) in [6.07, 6.45) is 8.47. The van der Waals surface area contributed by atoms with E-state index in [-0.39, 0.29) is 0 Å². The monoisotopic (exact) mass is 224 g/mol. The molecule has 2 heteroatoms. The predicted octanol–water partition coefficient (Wildman–Crippen LogP) is 2.64. The number of nitrogens with one attached hydrogen (secondary N) is 1. The third-order valence-electron chi connectivity index (χ3n) is 3.91. The molecular formula is C14H28N2. The van der Waals surface area contributed by atoms with Crippen molar-refractivity contribution >= 4 is 0 Å². The summed E-state index contributed by atoms with van der Waals surface area (Å²) in [5.74, 6) is 0.866. The Labute approximate surface area is 101 Å². The predicted molar refractivity (Wildman–Crippen MR) is 69.7 cm³/mol. The molecule has 94 valence electrons. The van der Waals surface area contributed by atoms with Gasteiger partial charge in [0, 0.05) is 18.6 Å². The Morgan fingerprint density at radius 1 is 1.25 bits per heavy atom. The van der Waals surface area contributed by atoms with Crippen LogP contribution < -0.4 is 5.32 Å². The fourth-order valence-electron chi connectivity index (χ4n) is 2.76. The van der Waals surface area contributed by atoms with E-state index in [1.54, 1.807) is 0 Å². The van der Waals surface area contributed by atoms with Gasteiger partial charge in [0.2, 0.25) is 0 Å². The van der Waals surface area contributed by atoms with Crippen molar-refractivity contribution < 1.29 is 0 Å². The van der Waals surface area contributed by atoms with Crippen LogP contribution in [0.5, 0.6) is 0 Å². The van der Waals surface area contributed by atoms with Gasteiger partial charge in [0.15, 0.2) is 0 Å². The third kappa shape index (κ3) is 4.06. The van der Waals surface area contributed by atoms with Crippen LogP contribution in [0.15, 0.2) is 0 Å². The van der Waals surface area contributed by atoms with Crippen LogP contribution in [-0.4, -0.2) is 36.6 Å². The minimum absolute atomic E-state index is 0.791. The normalized spacial score (nSPS) is 25.9. The molecule has 1 unspecified atom stereocenters. The average molecular weight is 224 g/mol. The molecule has 1 saturated carbocycles. The summed E-state index contributed by atoms with van der Waals surface area (Å²) in [6.45, 7) is 8.55. The molecule has 0 aromatic carbocycles. The van der Waals surface area contributed by atoms with E-state index in [9.17, 15) is 0 Å². The minimum Gasteiger partial charge on any atom is -0.313 e. The van der Waals surface area contributed by atoms with Gasteiger partial charge in [0.1, 0.15) is 0 Å². The van der Waals surface area contributed by atoms with Crippen molar-refractivity contribution in [3.8, 4) is 0 Å². The van der Waals surface area contributed by atoms with Crippen molar-refractivity contribution in [2.75, 3.05) is 19.6 Å². The summed E-state index contributed by atoms with van der Waals surface area (Å²) >= 11 is 0. The quantitative estimate of drug-likeness (QED) is 0.715. The summed E-state index contributed by atoms with van der Waals surface area (Å²) in [5, 5.41) is 3.63. The van der Waals surface area contributed by atoms with Gasteiger partial charge in [-0.1, -0.05) is 13.8 Å². The van der Waals surface area contributed by atoms with E-state index in [0.29, 0.717) is 0 Å². The molecule has 0 bridgehead atoms. The number of rotatable bonds is 7. The number of nitrogens with zero attached hydrogens (tertiary/aromatic N) is 1. The Balaban J connectivity index is 1.67. The smallest absolute Gasteiger partial charge is 0.0195 e. The van der Waals surface area contributed by atoms with Gasteiger partial charge in [0.25, 0.3) is 0 Å². The summed E-state index contributed by atoms with van der Waals surface area (Å²) < 4.78 is 0. The molecule has 1 saturated heterocycles. The zero-order chi connectivity index (χ0) is 11.4. The molecule has 0 amide bonds. The summed E-state index contributed by atoms with van der Waals surface area (Å²) in [5.41, 5.74) is 0. The fraction of sp³-hybridized carbons (Fsp3) is 1.00. The van der Waals surface area contributed by atoms with Gasteiger partial charge in [-0.3, -0.25) is 4.90 Å². The van der Waals surface area contributed by atoms with Crippen molar-refractivity contribution in [2.45, 2.75) is 64.5 Å². The topological polar surface area (TPSA) is 15.3 Å². The Bertz CT molecular complexity index is 193. The SMILES string of the molecule is CC(C)CCCN(CC1CCCN1)C1CC1. The second-order valence-electron chi connectivity index (χ2n) is 6.06. The van der Waals surface area contributed by atoms with Crippen LogP contribution in [0.2, 0.25) is 0 Å². The van der Waals surface area contributed by atoms with Crippen molar-refractivity contribution in [3.05, 3.63) is 0 Å². The lowest BCUT2D eigenvalue weighted by Gasteiger charge is -2.25. The van der Waals surface area contributed by atoms with Crippen molar-refractivity contribution in [3.63, 3.8) is 0 Å². The number of hydrogen-bond donors (Lipinski definition) is 1.